The molecule has 0 aliphatic rings. The van der Waals surface area contributed by atoms with Crippen molar-refractivity contribution < 1.29 is 17.4 Å². The zero-order valence-electron chi connectivity index (χ0n) is 16.2. The minimum Gasteiger partial charge on any atom is -0.382 e. The maximum Gasteiger partial charge on any atom is 0.322 e. The molecule has 152 valence electrons. The van der Waals surface area contributed by atoms with Gasteiger partial charge >= 0.3 is 16.1 Å². The summed E-state index contributed by atoms with van der Waals surface area (Å²) in [7, 11) is -3.60. The fourth-order valence-electron chi connectivity index (χ4n) is 2.55. The van der Waals surface area contributed by atoms with Crippen molar-refractivity contribution in [2.24, 2.45) is 5.92 Å². The van der Waals surface area contributed by atoms with Crippen LogP contribution in [-0.4, -0.2) is 31.6 Å². The van der Waals surface area contributed by atoms with Gasteiger partial charge < -0.3 is 14.4 Å². The first-order chi connectivity index (χ1) is 13.2. The van der Waals surface area contributed by atoms with Crippen molar-refractivity contribution in [2.45, 2.75) is 27.3 Å². The standard InChI is InChI=1S/C20H25ClN2O4S/c1-4-28(25,26)27-19-10-5-7-16(11-19)14-23(13-15(2)3)20(24)22-18-9-6-8-17(21)12-18/h5-12,15H,4,13-14H2,1-3H3,(H,22,24). The van der Waals surface area contributed by atoms with Gasteiger partial charge in [-0.2, -0.15) is 8.42 Å². The molecule has 0 atom stereocenters. The SMILES string of the molecule is CCS(=O)(=O)Oc1cccc(CN(CC(C)C)C(=O)Nc2cccc(Cl)c2)c1. The second-order valence-corrected chi connectivity index (χ2v) is 9.09. The number of hydrogen-bond donors (Lipinski definition) is 1. The van der Waals surface area contributed by atoms with Crippen LogP contribution in [0.25, 0.3) is 0 Å². The summed E-state index contributed by atoms with van der Waals surface area (Å²) in [4.78, 5) is 14.4. The lowest BCUT2D eigenvalue weighted by atomic mass is 10.1. The average molecular weight is 425 g/mol. The first kappa shape index (κ1) is 22.0. The summed E-state index contributed by atoms with van der Waals surface area (Å²) in [5, 5.41) is 3.38. The molecule has 2 aromatic rings. The molecule has 0 bridgehead atoms. The van der Waals surface area contributed by atoms with Gasteiger partial charge in [-0.25, -0.2) is 4.79 Å². The minimum absolute atomic E-state index is 0.112. The van der Waals surface area contributed by atoms with E-state index in [4.69, 9.17) is 15.8 Å². The summed E-state index contributed by atoms with van der Waals surface area (Å²) in [6.07, 6.45) is 0. The zero-order chi connectivity index (χ0) is 20.7. The van der Waals surface area contributed by atoms with Crippen molar-refractivity contribution >= 4 is 33.4 Å². The van der Waals surface area contributed by atoms with E-state index in [0.29, 0.717) is 23.8 Å². The Bertz CT molecular complexity index is 916. The molecule has 1 N–H and O–H groups in total. The number of amides is 2. The molecule has 0 saturated carbocycles. The monoisotopic (exact) mass is 424 g/mol. The highest BCUT2D eigenvalue weighted by Gasteiger charge is 2.17. The second kappa shape index (κ2) is 9.80. The second-order valence-electron chi connectivity index (χ2n) is 6.79. The highest BCUT2D eigenvalue weighted by atomic mass is 35.5. The normalized spacial score (nSPS) is 11.3. The van der Waals surface area contributed by atoms with Gasteiger partial charge in [-0.05, 0) is 48.7 Å². The van der Waals surface area contributed by atoms with Crippen molar-refractivity contribution in [2.75, 3.05) is 17.6 Å². The van der Waals surface area contributed by atoms with Gasteiger partial charge in [0.1, 0.15) is 5.75 Å². The smallest absolute Gasteiger partial charge is 0.322 e. The third-order valence-electron chi connectivity index (χ3n) is 3.80. The number of nitrogens with zero attached hydrogens (tertiary/aromatic N) is 1. The quantitative estimate of drug-likeness (QED) is 0.620. The van der Waals surface area contributed by atoms with Crippen LogP contribution in [-0.2, 0) is 16.7 Å². The van der Waals surface area contributed by atoms with E-state index < -0.39 is 10.1 Å². The molecule has 0 aliphatic carbocycles. The van der Waals surface area contributed by atoms with Gasteiger partial charge in [0.2, 0.25) is 0 Å². The summed E-state index contributed by atoms with van der Waals surface area (Å²) >= 11 is 5.98. The predicted molar refractivity (Wildman–Crippen MR) is 112 cm³/mol. The van der Waals surface area contributed by atoms with Crippen LogP contribution in [0.5, 0.6) is 5.75 Å². The molecular formula is C20H25ClN2O4S. The molecule has 2 amide bonds. The number of halogens is 1. The molecule has 0 aliphatic heterocycles. The Balaban J connectivity index is 2.16. The van der Waals surface area contributed by atoms with E-state index in [1.807, 2.05) is 19.9 Å². The Morgan fingerprint density at radius 1 is 1.18 bits per heavy atom. The molecule has 8 heteroatoms. The van der Waals surface area contributed by atoms with E-state index in [9.17, 15) is 13.2 Å². The van der Waals surface area contributed by atoms with E-state index in [1.165, 1.54) is 6.92 Å². The Hall–Kier alpha value is -2.25. The van der Waals surface area contributed by atoms with E-state index in [2.05, 4.69) is 5.32 Å². The summed E-state index contributed by atoms with van der Waals surface area (Å²) in [5.74, 6) is 0.378. The molecule has 0 radical (unpaired) electrons. The first-order valence-electron chi connectivity index (χ1n) is 9.01. The molecule has 0 spiro atoms. The lowest BCUT2D eigenvalue weighted by Gasteiger charge is -2.25. The molecular weight excluding hydrogens is 400 g/mol. The van der Waals surface area contributed by atoms with Crippen molar-refractivity contribution in [3.05, 3.63) is 59.1 Å². The first-order valence-corrected chi connectivity index (χ1v) is 11.0. The molecule has 2 rings (SSSR count). The third kappa shape index (κ3) is 7.05. The molecule has 0 unspecified atom stereocenters. The molecule has 28 heavy (non-hydrogen) atoms. The van der Waals surface area contributed by atoms with Crippen LogP contribution in [0.15, 0.2) is 48.5 Å². The van der Waals surface area contributed by atoms with Crippen LogP contribution in [0, 0.1) is 5.92 Å². The number of hydrogen-bond acceptors (Lipinski definition) is 4. The van der Waals surface area contributed by atoms with Crippen LogP contribution in [0.2, 0.25) is 5.02 Å². The van der Waals surface area contributed by atoms with Crippen molar-refractivity contribution in [3.63, 3.8) is 0 Å². The van der Waals surface area contributed by atoms with Crippen LogP contribution in [0.1, 0.15) is 26.3 Å². The number of carbonyl (C=O) groups is 1. The van der Waals surface area contributed by atoms with E-state index >= 15 is 0 Å². The highest BCUT2D eigenvalue weighted by molar-refractivity contribution is 7.87. The lowest BCUT2D eigenvalue weighted by molar-refractivity contribution is 0.201. The number of benzene rings is 2. The number of nitrogens with one attached hydrogen (secondary N) is 1. The highest BCUT2D eigenvalue weighted by Crippen LogP contribution is 2.19. The summed E-state index contributed by atoms with van der Waals surface area (Å²) in [6, 6.07) is 13.4. The number of carbonyl (C=O) groups excluding carboxylic acids is 1. The van der Waals surface area contributed by atoms with Gasteiger partial charge in [0.05, 0.1) is 5.75 Å². The lowest BCUT2D eigenvalue weighted by Crippen LogP contribution is -2.37. The summed E-state index contributed by atoms with van der Waals surface area (Å²) in [6.45, 7) is 6.41. The predicted octanol–water partition coefficient (Wildman–Crippen LogP) is 4.76. The Labute approximate surface area is 171 Å². The Morgan fingerprint density at radius 2 is 1.89 bits per heavy atom. The van der Waals surface area contributed by atoms with Crippen LogP contribution in [0.4, 0.5) is 10.5 Å². The van der Waals surface area contributed by atoms with Gasteiger partial charge in [-0.1, -0.05) is 43.6 Å². The largest absolute Gasteiger partial charge is 0.382 e. The fraction of sp³-hybridized carbons (Fsp3) is 0.350. The summed E-state index contributed by atoms with van der Waals surface area (Å²) in [5.41, 5.74) is 1.38. The number of rotatable bonds is 8. The average Bonchev–Trinajstić information content (AvgIpc) is 2.61. The van der Waals surface area contributed by atoms with Crippen LogP contribution >= 0.6 is 11.6 Å². The molecule has 0 heterocycles. The molecule has 6 nitrogen and oxygen atoms in total. The van der Waals surface area contributed by atoms with Crippen molar-refractivity contribution in [3.8, 4) is 5.75 Å². The van der Waals surface area contributed by atoms with E-state index in [1.54, 1.807) is 47.4 Å². The van der Waals surface area contributed by atoms with Gasteiger partial charge in [-0.15, -0.1) is 0 Å². The molecule has 2 aromatic carbocycles. The fourth-order valence-corrected chi connectivity index (χ4v) is 3.26. The van der Waals surface area contributed by atoms with Crippen molar-refractivity contribution in [1.29, 1.82) is 0 Å². The summed E-state index contributed by atoms with van der Waals surface area (Å²) < 4.78 is 28.4. The topological polar surface area (TPSA) is 75.7 Å². The molecule has 0 fully saturated rings. The van der Waals surface area contributed by atoms with E-state index in [-0.39, 0.29) is 23.5 Å². The van der Waals surface area contributed by atoms with Crippen molar-refractivity contribution in [1.82, 2.24) is 4.90 Å². The van der Waals surface area contributed by atoms with Crippen LogP contribution < -0.4 is 9.50 Å². The molecule has 0 saturated heterocycles. The zero-order valence-corrected chi connectivity index (χ0v) is 17.8. The minimum atomic E-state index is -3.60. The van der Waals surface area contributed by atoms with E-state index in [0.717, 1.165) is 5.56 Å². The van der Waals surface area contributed by atoms with Gasteiger partial charge in [0.15, 0.2) is 0 Å². The maximum atomic E-state index is 12.8. The molecule has 0 aromatic heterocycles. The number of anilines is 1. The van der Waals surface area contributed by atoms with Gasteiger partial charge in [0.25, 0.3) is 0 Å². The van der Waals surface area contributed by atoms with Gasteiger partial charge in [-0.3, -0.25) is 0 Å². The maximum absolute atomic E-state index is 12.8. The number of urea groups is 1. The Morgan fingerprint density at radius 3 is 2.54 bits per heavy atom. The third-order valence-corrected chi connectivity index (χ3v) is 5.19. The van der Waals surface area contributed by atoms with Gasteiger partial charge in [0, 0.05) is 23.8 Å². The van der Waals surface area contributed by atoms with Crippen LogP contribution in [0.3, 0.4) is 0 Å². The Kier molecular flexibility index (Phi) is 7.71.